The minimum atomic E-state index is -4.39. The summed E-state index contributed by atoms with van der Waals surface area (Å²) < 4.78 is 42.9. The second-order valence-electron chi connectivity index (χ2n) is 4.75. The van der Waals surface area contributed by atoms with E-state index in [0.717, 1.165) is 17.7 Å². The predicted molar refractivity (Wildman–Crippen MR) is 81.6 cm³/mol. The maximum atomic E-state index is 12.7. The molecule has 0 saturated carbocycles. The summed E-state index contributed by atoms with van der Waals surface area (Å²) in [6, 6.07) is 13.6. The van der Waals surface area contributed by atoms with Crippen molar-refractivity contribution in [3.8, 4) is 0 Å². The van der Waals surface area contributed by atoms with Crippen LogP contribution in [-0.4, -0.2) is 12.6 Å². The van der Waals surface area contributed by atoms with Gasteiger partial charge < -0.3 is 4.74 Å². The molecule has 23 heavy (non-hydrogen) atoms. The van der Waals surface area contributed by atoms with Crippen LogP contribution in [0.5, 0.6) is 0 Å². The Hall–Kier alpha value is -2.56. The third kappa shape index (κ3) is 4.45. The highest BCUT2D eigenvalue weighted by Gasteiger charge is 2.30. The zero-order chi connectivity index (χ0) is 16.9. The first kappa shape index (κ1) is 16.8. The summed E-state index contributed by atoms with van der Waals surface area (Å²) >= 11 is 0. The predicted octanol–water partition coefficient (Wildman–Crippen LogP) is 4.70. The van der Waals surface area contributed by atoms with Gasteiger partial charge in [-0.15, -0.1) is 0 Å². The molecule has 0 bridgehead atoms. The Bertz CT molecular complexity index is 686. The average molecular weight is 320 g/mol. The van der Waals surface area contributed by atoms with E-state index in [2.05, 4.69) is 0 Å². The maximum absolute atomic E-state index is 12.7. The van der Waals surface area contributed by atoms with Crippen LogP contribution in [-0.2, 0) is 15.7 Å². The van der Waals surface area contributed by atoms with Gasteiger partial charge in [-0.25, -0.2) is 4.79 Å². The maximum Gasteiger partial charge on any atom is 0.416 e. The zero-order valence-electron chi connectivity index (χ0n) is 12.4. The van der Waals surface area contributed by atoms with Crippen molar-refractivity contribution in [2.45, 2.75) is 13.1 Å². The standard InChI is InChI=1S/C18H15F3O2/c1-2-23-17(22)12-16(13-6-4-3-5-7-13)14-8-10-15(11-9-14)18(19,20)21/h3-12H,2H2,1H3/b16-12+. The molecule has 2 rings (SSSR count). The molecule has 5 heteroatoms. The summed E-state index contributed by atoms with van der Waals surface area (Å²) in [6.07, 6.45) is -3.10. The molecule has 0 saturated heterocycles. The van der Waals surface area contributed by atoms with Crippen LogP contribution in [0.4, 0.5) is 13.2 Å². The molecule has 2 nitrogen and oxygen atoms in total. The highest BCUT2D eigenvalue weighted by Crippen LogP contribution is 2.31. The van der Waals surface area contributed by atoms with Crippen molar-refractivity contribution < 1.29 is 22.7 Å². The van der Waals surface area contributed by atoms with Crippen molar-refractivity contribution in [2.75, 3.05) is 6.61 Å². The minimum absolute atomic E-state index is 0.227. The normalized spacial score (nSPS) is 12.1. The molecule has 0 unspecified atom stereocenters. The van der Waals surface area contributed by atoms with Gasteiger partial charge >= 0.3 is 12.1 Å². The lowest BCUT2D eigenvalue weighted by molar-refractivity contribution is -0.138. The first-order valence-electron chi connectivity index (χ1n) is 7.03. The van der Waals surface area contributed by atoms with Crippen molar-refractivity contribution in [1.29, 1.82) is 0 Å². The molecule has 0 amide bonds. The van der Waals surface area contributed by atoms with Gasteiger partial charge in [0.05, 0.1) is 12.2 Å². The van der Waals surface area contributed by atoms with Crippen LogP contribution in [0.2, 0.25) is 0 Å². The van der Waals surface area contributed by atoms with Crippen LogP contribution in [0.1, 0.15) is 23.6 Å². The Labute approximate surface area is 132 Å². The van der Waals surface area contributed by atoms with E-state index < -0.39 is 17.7 Å². The molecule has 0 heterocycles. The summed E-state index contributed by atoms with van der Waals surface area (Å²) in [5, 5.41) is 0. The number of esters is 1. The first-order chi connectivity index (χ1) is 10.9. The smallest absolute Gasteiger partial charge is 0.416 e. The molecular formula is C18H15F3O2. The summed E-state index contributed by atoms with van der Waals surface area (Å²) in [5.74, 6) is -0.536. The van der Waals surface area contributed by atoms with Gasteiger partial charge in [-0.2, -0.15) is 13.2 Å². The van der Waals surface area contributed by atoms with E-state index in [0.29, 0.717) is 11.1 Å². The summed E-state index contributed by atoms with van der Waals surface area (Å²) in [4.78, 5) is 11.7. The molecule has 0 N–H and O–H groups in total. The molecule has 0 aliphatic rings. The summed E-state index contributed by atoms with van der Waals surface area (Å²) in [5.41, 5.74) is 1.01. The number of benzene rings is 2. The summed E-state index contributed by atoms with van der Waals surface area (Å²) in [6.45, 7) is 1.91. The fraction of sp³-hybridized carbons (Fsp3) is 0.167. The molecule has 0 fully saturated rings. The molecular weight excluding hydrogens is 305 g/mol. The van der Waals surface area contributed by atoms with Crippen LogP contribution in [0.25, 0.3) is 5.57 Å². The number of rotatable bonds is 4. The molecule has 0 aliphatic carbocycles. The number of ether oxygens (including phenoxy) is 1. The lowest BCUT2D eigenvalue weighted by atomic mass is 9.96. The fourth-order valence-electron chi connectivity index (χ4n) is 2.09. The topological polar surface area (TPSA) is 26.3 Å². The van der Waals surface area contributed by atoms with E-state index >= 15 is 0 Å². The molecule has 0 aromatic heterocycles. The average Bonchev–Trinajstić information content (AvgIpc) is 2.53. The first-order valence-corrected chi connectivity index (χ1v) is 7.03. The number of hydrogen-bond donors (Lipinski definition) is 0. The highest BCUT2D eigenvalue weighted by molar-refractivity contribution is 5.96. The fourth-order valence-corrected chi connectivity index (χ4v) is 2.09. The van der Waals surface area contributed by atoms with Crippen LogP contribution in [0.3, 0.4) is 0 Å². The molecule has 2 aromatic carbocycles. The van der Waals surface area contributed by atoms with Gasteiger partial charge in [0.25, 0.3) is 0 Å². The molecule has 120 valence electrons. The van der Waals surface area contributed by atoms with E-state index in [4.69, 9.17) is 4.74 Å². The van der Waals surface area contributed by atoms with E-state index in [1.807, 2.05) is 6.07 Å². The van der Waals surface area contributed by atoms with Gasteiger partial charge in [0.15, 0.2) is 0 Å². The SMILES string of the molecule is CCOC(=O)/C=C(\c1ccccc1)c1ccc(C(F)(F)F)cc1. The Morgan fingerprint density at radius 2 is 1.57 bits per heavy atom. The van der Waals surface area contributed by atoms with Crippen molar-refractivity contribution in [2.24, 2.45) is 0 Å². The molecule has 0 spiro atoms. The van der Waals surface area contributed by atoms with Gasteiger partial charge in [0.2, 0.25) is 0 Å². The van der Waals surface area contributed by atoms with Crippen molar-refractivity contribution in [1.82, 2.24) is 0 Å². The van der Waals surface area contributed by atoms with E-state index in [9.17, 15) is 18.0 Å². The lowest BCUT2D eigenvalue weighted by Gasteiger charge is -2.11. The third-order valence-electron chi connectivity index (χ3n) is 3.16. The Morgan fingerprint density at radius 1 is 1.00 bits per heavy atom. The third-order valence-corrected chi connectivity index (χ3v) is 3.16. The number of hydrogen-bond acceptors (Lipinski definition) is 2. The van der Waals surface area contributed by atoms with Crippen LogP contribution < -0.4 is 0 Å². The second-order valence-corrected chi connectivity index (χ2v) is 4.75. The summed E-state index contributed by atoms with van der Waals surface area (Å²) in [7, 11) is 0. The van der Waals surface area contributed by atoms with Gasteiger partial charge in [-0.1, -0.05) is 42.5 Å². The zero-order valence-corrected chi connectivity index (χ0v) is 12.4. The van der Waals surface area contributed by atoms with Crippen LogP contribution >= 0.6 is 0 Å². The van der Waals surface area contributed by atoms with E-state index in [-0.39, 0.29) is 6.61 Å². The van der Waals surface area contributed by atoms with E-state index in [1.54, 1.807) is 31.2 Å². The molecule has 2 aromatic rings. The van der Waals surface area contributed by atoms with E-state index in [1.165, 1.54) is 18.2 Å². The minimum Gasteiger partial charge on any atom is -0.463 e. The van der Waals surface area contributed by atoms with Gasteiger partial charge in [0, 0.05) is 6.08 Å². The van der Waals surface area contributed by atoms with Gasteiger partial charge in [-0.05, 0) is 35.8 Å². The van der Waals surface area contributed by atoms with Crippen molar-refractivity contribution in [3.63, 3.8) is 0 Å². The number of carbonyl (C=O) groups is 1. The number of carbonyl (C=O) groups excluding carboxylic acids is 1. The Kier molecular flexibility index (Phi) is 5.21. The van der Waals surface area contributed by atoms with Crippen LogP contribution in [0.15, 0.2) is 60.7 Å². The van der Waals surface area contributed by atoms with Crippen molar-refractivity contribution >= 4 is 11.5 Å². The molecule has 0 atom stereocenters. The second kappa shape index (κ2) is 7.13. The monoisotopic (exact) mass is 320 g/mol. The van der Waals surface area contributed by atoms with Gasteiger partial charge in [0.1, 0.15) is 0 Å². The molecule has 0 radical (unpaired) electrons. The lowest BCUT2D eigenvalue weighted by Crippen LogP contribution is -2.05. The van der Waals surface area contributed by atoms with Gasteiger partial charge in [-0.3, -0.25) is 0 Å². The number of halogens is 3. The number of alkyl halides is 3. The highest BCUT2D eigenvalue weighted by atomic mass is 19.4. The Morgan fingerprint density at radius 3 is 2.09 bits per heavy atom. The Balaban J connectivity index is 2.44. The largest absolute Gasteiger partial charge is 0.463 e. The van der Waals surface area contributed by atoms with Crippen molar-refractivity contribution in [3.05, 3.63) is 77.4 Å². The van der Waals surface area contributed by atoms with Crippen LogP contribution in [0, 0.1) is 0 Å². The quantitative estimate of drug-likeness (QED) is 0.603. The molecule has 0 aliphatic heterocycles.